The summed E-state index contributed by atoms with van der Waals surface area (Å²) in [5, 5.41) is 0. The van der Waals surface area contributed by atoms with Crippen LogP contribution in [-0.2, 0) is 15.8 Å². The summed E-state index contributed by atoms with van der Waals surface area (Å²) in [6.45, 7) is 2.14. The smallest absolute Gasteiger partial charge is 0.217 e. The van der Waals surface area contributed by atoms with Crippen molar-refractivity contribution in [2.24, 2.45) is 0 Å². The summed E-state index contributed by atoms with van der Waals surface area (Å²) in [4.78, 5) is 12.8. The predicted molar refractivity (Wildman–Crippen MR) is 104 cm³/mol. The van der Waals surface area contributed by atoms with Crippen molar-refractivity contribution in [2.45, 2.75) is 51.2 Å². The van der Waals surface area contributed by atoms with E-state index in [0.717, 1.165) is 36.4 Å². The Kier molecular flexibility index (Phi) is 9.08. The molecule has 0 saturated carbocycles. The number of hydrogen-bond acceptors (Lipinski definition) is 5. The van der Waals surface area contributed by atoms with E-state index < -0.39 is 10.0 Å². The van der Waals surface area contributed by atoms with Gasteiger partial charge in [0.1, 0.15) is 11.5 Å². The zero-order valence-corrected chi connectivity index (χ0v) is 17.3. The lowest BCUT2D eigenvalue weighted by molar-refractivity contribution is 0.0975. The number of rotatable bonds is 12. The fraction of sp³-hybridized carbons (Fsp3) is 0.632. The normalized spacial score (nSPS) is 11.6. The summed E-state index contributed by atoms with van der Waals surface area (Å²) >= 11 is 0. The first-order valence-corrected chi connectivity index (χ1v) is 10.6. The molecule has 0 unspecified atom stereocenters. The molecule has 0 aromatic heterocycles. The van der Waals surface area contributed by atoms with Crippen molar-refractivity contribution < 1.29 is 22.7 Å². The SMILES string of the molecule is CCCCCCCC(=O)c1c(CS(=O)(=O)N(C)C)cc(OC)cc1OC. The van der Waals surface area contributed by atoms with Gasteiger partial charge < -0.3 is 9.47 Å². The number of hydrogen-bond donors (Lipinski definition) is 0. The highest BCUT2D eigenvalue weighted by Crippen LogP contribution is 2.32. The molecule has 6 nitrogen and oxygen atoms in total. The molecule has 7 heteroatoms. The van der Waals surface area contributed by atoms with E-state index in [9.17, 15) is 13.2 Å². The minimum Gasteiger partial charge on any atom is -0.497 e. The van der Waals surface area contributed by atoms with Gasteiger partial charge in [-0.2, -0.15) is 0 Å². The fourth-order valence-electron chi connectivity index (χ4n) is 2.69. The Morgan fingerprint density at radius 2 is 1.69 bits per heavy atom. The van der Waals surface area contributed by atoms with E-state index in [1.54, 1.807) is 12.1 Å². The summed E-state index contributed by atoms with van der Waals surface area (Å²) < 4.78 is 36.4. The summed E-state index contributed by atoms with van der Waals surface area (Å²) in [5.41, 5.74) is 0.752. The number of carbonyl (C=O) groups is 1. The highest BCUT2D eigenvalue weighted by molar-refractivity contribution is 7.88. The Bertz CT molecular complexity index is 698. The average molecular weight is 386 g/mol. The number of benzene rings is 1. The second-order valence-corrected chi connectivity index (χ2v) is 8.67. The van der Waals surface area contributed by atoms with Gasteiger partial charge >= 0.3 is 0 Å². The van der Waals surface area contributed by atoms with E-state index in [-0.39, 0.29) is 11.5 Å². The molecule has 0 amide bonds. The zero-order chi connectivity index (χ0) is 19.7. The second-order valence-electron chi connectivity index (χ2n) is 6.49. The molecule has 1 aromatic carbocycles. The third-order valence-corrected chi connectivity index (χ3v) is 6.08. The molecule has 0 aliphatic heterocycles. The van der Waals surface area contributed by atoms with Crippen LogP contribution in [-0.4, -0.2) is 46.8 Å². The van der Waals surface area contributed by atoms with Crippen molar-refractivity contribution in [3.8, 4) is 11.5 Å². The van der Waals surface area contributed by atoms with Crippen molar-refractivity contribution in [3.05, 3.63) is 23.3 Å². The van der Waals surface area contributed by atoms with Gasteiger partial charge in [-0.15, -0.1) is 0 Å². The first kappa shape index (κ1) is 22.4. The van der Waals surface area contributed by atoms with Gasteiger partial charge in [-0.3, -0.25) is 4.79 Å². The number of ether oxygens (including phenoxy) is 2. The van der Waals surface area contributed by atoms with E-state index in [2.05, 4.69) is 6.92 Å². The third-order valence-electron chi connectivity index (χ3n) is 4.29. The molecule has 0 spiro atoms. The Labute approximate surface area is 157 Å². The quantitative estimate of drug-likeness (QED) is 0.406. The molecule has 0 aliphatic carbocycles. The molecule has 0 aliphatic rings. The average Bonchev–Trinajstić information content (AvgIpc) is 2.60. The van der Waals surface area contributed by atoms with Crippen molar-refractivity contribution in [1.82, 2.24) is 4.31 Å². The van der Waals surface area contributed by atoms with Gasteiger partial charge in [0, 0.05) is 26.6 Å². The van der Waals surface area contributed by atoms with Crippen LogP contribution in [0.4, 0.5) is 0 Å². The molecule has 0 atom stereocenters. The van der Waals surface area contributed by atoms with E-state index >= 15 is 0 Å². The third kappa shape index (κ3) is 6.29. The van der Waals surface area contributed by atoms with Crippen molar-refractivity contribution in [2.75, 3.05) is 28.3 Å². The Morgan fingerprint density at radius 3 is 2.23 bits per heavy atom. The van der Waals surface area contributed by atoms with Crippen LogP contribution < -0.4 is 9.47 Å². The summed E-state index contributed by atoms with van der Waals surface area (Å²) in [7, 11) is 2.39. The number of Topliss-reactive ketones (excluding diaryl/α,β-unsaturated/α-hetero) is 1. The maximum absolute atomic E-state index is 12.8. The first-order chi connectivity index (χ1) is 12.3. The molecule has 0 radical (unpaired) electrons. The Morgan fingerprint density at radius 1 is 1.04 bits per heavy atom. The topological polar surface area (TPSA) is 72.9 Å². The van der Waals surface area contributed by atoms with Gasteiger partial charge in [0.15, 0.2) is 5.78 Å². The van der Waals surface area contributed by atoms with Crippen LogP contribution in [0.15, 0.2) is 12.1 Å². The molecular weight excluding hydrogens is 354 g/mol. The molecule has 0 fully saturated rings. The van der Waals surface area contributed by atoms with Crippen LogP contribution >= 0.6 is 0 Å². The Hall–Kier alpha value is -1.60. The monoisotopic (exact) mass is 385 g/mol. The summed E-state index contributed by atoms with van der Waals surface area (Å²) in [6, 6.07) is 3.23. The van der Waals surface area contributed by atoms with Crippen molar-refractivity contribution >= 4 is 15.8 Å². The van der Waals surface area contributed by atoms with Crippen molar-refractivity contribution in [1.29, 1.82) is 0 Å². The second kappa shape index (κ2) is 10.5. The molecular formula is C19H31NO5S. The van der Waals surface area contributed by atoms with Gasteiger partial charge in [-0.25, -0.2) is 12.7 Å². The molecule has 0 saturated heterocycles. The number of nitrogens with zero attached hydrogens (tertiary/aromatic N) is 1. The maximum atomic E-state index is 12.8. The number of sulfonamides is 1. The molecule has 0 bridgehead atoms. The molecule has 26 heavy (non-hydrogen) atoms. The number of unbranched alkanes of at least 4 members (excludes halogenated alkanes) is 4. The summed E-state index contributed by atoms with van der Waals surface area (Å²) in [6.07, 6.45) is 5.56. The largest absolute Gasteiger partial charge is 0.497 e. The molecule has 0 N–H and O–H groups in total. The van der Waals surface area contributed by atoms with Crippen molar-refractivity contribution in [3.63, 3.8) is 0 Å². The number of ketones is 1. The fourth-order valence-corrected chi connectivity index (χ4v) is 3.57. The standard InChI is InChI=1S/C19H31NO5S/c1-6-7-8-9-10-11-17(21)19-15(14-26(22,23)20(2)3)12-16(24-4)13-18(19)25-5/h12-13H,6-11,14H2,1-5H3. The first-order valence-electron chi connectivity index (χ1n) is 8.95. The van der Waals surface area contributed by atoms with E-state index in [1.165, 1.54) is 28.3 Å². The zero-order valence-electron chi connectivity index (χ0n) is 16.5. The van der Waals surface area contributed by atoms with Crippen LogP contribution in [0.2, 0.25) is 0 Å². The van der Waals surface area contributed by atoms with E-state index in [0.29, 0.717) is 29.0 Å². The van der Waals surface area contributed by atoms with Gasteiger partial charge in [-0.05, 0) is 18.1 Å². The van der Waals surface area contributed by atoms with E-state index in [1.807, 2.05) is 0 Å². The van der Waals surface area contributed by atoms with Gasteiger partial charge in [0.05, 0.1) is 25.5 Å². The lowest BCUT2D eigenvalue weighted by Gasteiger charge is -2.17. The highest BCUT2D eigenvalue weighted by atomic mass is 32.2. The lowest BCUT2D eigenvalue weighted by Crippen LogP contribution is -2.24. The number of methoxy groups -OCH3 is 2. The van der Waals surface area contributed by atoms with Crippen LogP contribution in [0.25, 0.3) is 0 Å². The van der Waals surface area contributed by atoms with Crippen LogP contribution in [0.1, 0.15) is 61.4 Å². The molecule has 0 heterocycles. The molecule has 148 valence electrons. The minimum atomic E-state index is -3.52. The van der Waals surface area contributed by atoms with Gasteiger partial charge in [-0.1, -0.05) is 32.6 Å². The Balaban J connectivity index is 3.15. The van der Waals surface area contributed by atoms with E-state index in [4.69, 9.17) is 9.47 Å². The minimum absolute atomic E-state index is 0.0926. The van der Waals surface area contributed by atoms with Crippen LogP contribution in [0.5, 0.6) is 11.5 Å². The van der Waals surface area contributed by atoms with Gasteiger partial charge in [0.25, 0.3) is 0 Å². The number of carbonyl (C=O) groups excluding carboxylic acids is 1. The predicted octanol–water partition coefficient (Wildman–Crippen LogP) is 3.64. The summed E-state index contributed by atoms with van der Waals surface area (Å²) in [5.74, 6) is 0.451. The van der Waals surface area contributed by atoms with Crippen LogP contribution in [0.3, 0.4) is 0 Å². The lowest BCUT2D eigenvalue weighted by atomic mass is 9.98. The van der Waals surface area contributed by atoms with Gasteiger partial charge in [0.2, 0.25) is 10.0 Å². The molecule has 1 rings (SSSR count). The van der Waals surface area contributed by atoms with Crippen LogP contribution in [0, 0.1) is 0 Å². The maximum Gasteiger partial charge on any atom is 0.217 e. The highest BCUT2D eigenvalue weighted by Gasteiger charge is 2.24. The molecule has 1 aromatic rings.